The number of nitrogens with zero attached hydrogens (tertiary/aromatic N) is 1. The Hall–Kier alpha value is -0.310. The third-order valence-corrected chi connectivity index (χ3v) is 5.45. The number of carbonyl (C=O) groups is 1. The van der Waals surface area contributed by atoms with Gasteiger partial charge in [0.25, 0.3) is 0 Å². The summed E-state index contributed by atoms with van der Waals surface area (Å²) >= 11 is 0. The molecule has 0 N–H and O–H groups in total. The second-order valence-electron chi connectivity index (χ2n) is 7.58. The van der Waals surface area contributed by atoms with Gasteiger partial charge in [0, 0.05) is 19.0 Å². The molecule has 3 nitrogen and oxygen atoms in total. The largest absolute Gasteiger partial charge is 0.407 e. The average molecular weight is 277 g/mol. The lowest BCUT2D eigenvalue weighted by Crippen LogP contribution is -2.56. The minimum Gasteiger partial charge on any atom is -0.407 e. The smallest absolute Gasteiger partial charge is 0.225 e. The van der Waals surface area contributed by atoms with Gasteiger partial charge in [0.15, 0.2) is 0 Å². The zero-order valence-electron chi connectivity index (χ0n) is 12.7. The monoisotopic (exact) mass is 277 g/mol. The predicted octanol–water partition coefficient (Wildman–Crippen LogP) is 0.0432. The Bertz CT molecular complexity index is 440. The van der Waals surface area contributed by atoms with Crippen LogP contribution in [-0.4, -0.2) is 66.1 Å². The van der Waals surface area contributed by atoms with Crippen LogP contribution in [0.15, 0.2) is 0 Å². The van der Waals surface area contributed by atoms with Crippen molar-refractivity contribution in [1.82, 2.24) is 4.90 Å². The molecular weight excluding hydrogens is 257 g/mol. The number of hydrogen-bond donors (Lipinski definition) is 0. The van der Waals surface area contributed by atoms with E-state index >= 15 is 0 Å². The summed E-state index contributed by atoms with van der Waals surface area (Å²) in [5.74, 6) is 0.308. The zero-order valence-corrected chi connectivity index (χ0v) is 12.7. The van der Waals surface area contributed by atoms with Crippen molar-refractivity contribution < 1.29 is 9.53 Å². The topological polar surface area (TPSA) is 29.5 Å². The molecule has 2 atom stereocenters. The number of amides is 1. The molecule has 2 heterocycles. The fourth-order valence-corrected chi connectivity index (χ4v) is 4.47. The van der Waals surface area contributed by atoms with E-state index in [0.29, 0.717) is 5.92 Å². The lowest BCUT2D eigenvalue weighted by Gasteiger charge is -2.47. The van der Waals surface area contributed by atoms with E-state index in [4.69, 9.17) is 36.1 Å². The standard InChI is InChI=1S/C14H19B4NO2/c1-12-4-2-3-10(12)7-19(8-12)11(20)9-5-13(15,16)21-14(17,18)6-9/h9-10H,2-8H2,1H3/t10?,12-/m1/s1. The zero-order chi connectivity index (χ0) is 15.5. The van der Waals surface area contributed by atoms with E-state index in [1.165, 1.54) is 19.3 Å². The Morgan fingerprint density at radius 2 is 1.81 bits per heavy atom. The van der Waals surface area contributed by atoms with E-state index in [0.717, 1.165) is 13.1 Å². The molecule has 3 rings (SSSR count). The Morgan fingerprint density at radius 3 is 2.38 bits per heavy atom. The first-order chi connectivity index (χ1) is 9.60. The minimum absolute atomic E-state index is 0.0643. The van der Waals surface area contributed by atoms with Gasteiger partial charge < -0.3 is 9.64 Å². The first-order valence-electron chi connectivity index (χ1n) is 7.75. The third-order valence-electron chi connectivity index (χ3n) is 5.45. The summed E-state index contributed by atoms with van der Waals surface area (Å²) in [5, 5.41) is -2.89. The van der Waals surface area contributed by atoms with Crippen LogP contribution in [0.5, 0.6) is 0 Å². The number of carbonyl (C=O) groups excluding carboxylic acids is 1. The molecule has 3 fully saturated rings. The lowest BCUT2D eigenvalue weighted by atomic mass is 9.51. The molecule has 2 aliphatic heterocycles. The van der Waals surface area contributed by atoms with E-state index in [9.17, 15) is 4.79 Å². The van der Waals surface area contributed by atoms with Crippen LogP contribution in [0.3, 0.4) is 0 Å². The van der Waals surface area contributed by atoms with Crippen molar-refractivity contribution >= 4 is 37.3 Å². The fraction of sp³-hybridized carbons (Fsp3) is 0.929. The maximum atomic E-state index is 12.8. The fourth-order valence-electron chi connectivity index (χ4n) is 4.47. The van der Waals surface area contributed by atoms with Crippen LogP contribution < -0.4 is 0 Å². The molecule has 1 amide bonds. The van der Waals surface area contributed by atoms with Gasteiger partial charge in [-0.15, -0.1) is 0 Å². The number of rotatable bonds is 1. The molecule has 2 saturated heterocycles. The van der Waals surface area contributed by atoms with Gasteiger partial charge in [0.1, 0.15) is 0 Å². The third kappa shape index (κ3) is 2.95. The van der Waals surface area contributed by atoms with Crippen LogP contribution in [0.4, 0.5) is 0 Å². The van der Waals surface area contributed by atoms with E-state index in [-0.39, 0.29) is 30.1 Å². The molecule has 1 unspecified atom stereocenters. The summed E-state index contributed by atoms with van der Waals surface area (Å²) in [7, 11) is 23.3. The summed E-state index contributed by atoms with van der Waals surface area (Å²) in [5.41, 5.74) is 0.270. The highest BCUT2D eigenvalue weighted by atomic mass is 16.5. The molecular formula is C14H19B4NO2. The Kier molecular flexibility index (Phi) is 3.59. The molecule has 0 aromatic heterocycles. The van der Waals surface area contributed by atoms with Crippen molar-refractivity contribution in [3.05, 3.63) is 0 Å². The van der Waals surface area contributed by atoms with Crippen molar-refractivity contribution in [2.24, 2.45) is 17.3 Å². The number of ether oxygens (including phenoxy) is 1. The van der Waals surface area contributed by atoms with Crippen LogP contribution in [0, 0.1) is 17.3 Å². The van der Waals surface area contributed by atoms with Crippen molar-refractivity contribution in [2.45, 2.75) is 49.8 Å². The molecule has 0 spiro atoms. The molecule has 0 bridgehead atoms. The minimum atomic E-state index is -1.44. The van der Waals surface area contributed by atoms with Gasteiger partial charge in [-0.25, -0.2) is 0 Å². The summed E-state index contributed by atoms with van der Waals surface area (Å²) < 4.78 is 5.24. The summed E-state index contributed by atoms with van der Waals surface area (Å²) in [6.45, 7) is 3.93. The summed E-state index contributed by atoms with van der Waals surface area (Å²) in [6.07, 6.45) is 4.18. The van der Waals surface area contributed by atoms with E-state index in [2.05, 4.69) is 6.92 Å². The Balaban J connectivity index is 1.71. The van der Waals surface area contributed by atoms with Gasteiger partial charge in [-0.3, -0.25) is 4.79 Å². The number of likely N-dealkylation sites (tertiary alicyclic amines) is 1. The van der Waals surface area contributed by atoms with Gasteiger partial charge in [-0.1, -0.05) is 13.3 Å². The highest BCUT2D eigenvalue weighted by Crippen LogP contribution is 2.49. The van der Waals surface area contributed by atoms with Gasteiger partial charge in [0.2, 0.25) is 5.91 Å². The highest BCUT2D eigenvalue weighted by molar-refractivity contribution is 6.42. The van der Waals surface area contributed by atoms with Crippen LogP contribution in [-0.2, 0) is 9.53 Å². The second kappa shape index (κ2) is 4.84. The van der Waals surface area contributed by atoms with Crippen LogP contribution in [0.2, 0.25) is 0 Å². The quantitative estimate of drug-likeness (QED) is 0.633. The number of hydrogen-bond acceptors (Lipinski definition) is 2. The number of fused-ring (bicyclic) bond motifs is 1. The van der Waals surface area contributed by atoms with Gasteiger partial charge in [0.05, 0.1) is 31.4 Å². The normalized spacial score (nSPS) is 38.3. The average Bonchev–Trinajstić information content (AvgIpc) is 2.78. The molecule has 3 aliphatic rings. The van der Waals surface area contributed by atoms with Crippen molar-refractivity contribution in [2.75, 3.05) is 13.1 Å². The molecule has 1 aliphatic carbocycles. The van der Waals surface area contributed by atoms with Gasteiger partial charge in [-0.2, -0.15) is 0 Å². The summed E-state index contributed by atoms with van der Waals surface area (Å²) in [4.78, 5) is 14.7. The van der Waals surface area contributed by atoms with Crippen LogP contribution >= 0.6 is 0 Å². The molecule has 0 aromatic carbocycles. The molecule has 7 heteroatoms. The molecule has 1 saturated carbocycles. The lowest BCUT2D eigenvalue weighted by molar-refractivity contribution is -0.142. The maximum Gasteiger partial charge on any atom is 0.225 e. The van der Waals surface area contributed by atoms with E-state index in [1.54, 1.807) is 0 Å². The Morgan fingerprint density at radius 1 is 1.19 bits per heavy atom. The van der Waals surface area contributed by atoms with Crippen molar-refractivity contribution in [3.63, 3.8) is 0 Å². The van der Waals surface area contributed by atoms with Crippen molar-refractivity contribution in [3.8, 4) is 0 Å². The second-order valence-corrected chi connectivity index (χ2v) is 7.58. The first kappa shape index (κ1) is 15.6. The van der Waals surface area contributed by atoms with Gasteiger partial charge >= 0.3 is 0 Å². The molecule has 104 valence electrons. The molecule has 0 aromatic rings. The van der Waals surface area contributed by atoms with Crippen molar-refractivity contribution in [1.29, 1.82) is 0 Å². The van der Waals surface area contributed by atoms with Gasteiger partial charge in [-0.05, 0) is 47.8 Å². The summed E-state index contributed by atoms with van der Waals surface area (Å²) in [6, 6.07) is 0. The van der Waals surface area contributed by atoms with Crippen LogP contribution in [0.1, 0.15) is 39.0 Å². The first-order valence-corrected chi connectivity index (χ1v) is 7.75. The predicted molar refractivity (Wildman–Crippen MR) is 84.3 cm³/mol. The Labute approximate surface area is 132 Å². The van der Waals surface area contributed by atoms with E-state index in [1.807, 2.05) is 4.90 Å². The SMILES string of the molecule is [B]C1([B])CC(C(=O)N2CC3CCC[C@]3(C)C2)CC([B])([B])O1. The highest BCUT2D eigenvalue weighted by Gasteiger charge is 2.49. The van der Waals surface area contributed by atoms with E-state index < -0.39 is 10.8 Å². The maximum absolute atomic E-state index is 12.8. The van der Waals surface area contributed by atoms with Crippen LogP contribution in [0.25, 0.3) is 0 Å². The molecule has 21 heavy (non-hydrogen) atoms. The molecule has 8 radical (unpaired) electrons.